The van der Waals surface area contributed by atoms with E-state index in [4.69, 9.17) is 11.6 Å². The largest absolute Gasteiger partial charge is 0.294 e. The van der Waals surface area contributed by atoms with Crippen LogP contribution >= 0.6 is 11.6 Å². The zero-order valence-corrected chi connectivity index (χ0v) is 8.87. The average Bonchev–Trinajstić information content (AvgIpc) is 2.18. The van der Waals surface area contributed by atoms with E-state index in [1.807, 2.05) is 6.92 Å². The summed E-state index contributed by atoms with van der Waals surface area (Å²) in [6.07, 6.45) is 0.890. The number of carbonyl (C=O) groups is 1. The molecule has 2 rings (SSSR count). The van der Waals surface area contributed by atoms with E-state index >= 15 is 0 Å². The monoisotopic (exact) mass is 230 g/mol. The molecular weight excluding hydrogens is 222 g/mol. The second-order valence-corrected chi connectivity index (χ2v) is 4.21. The average molecular weight is 231 g/mol. The Bertz CT molecular complexity index is 443. The summed E-state index contributed by atoms with van der Waals surface area (Å²) in [6, 6.07) is 0.935. The van der Waals surface area contributed by atoms with Gasteiger partial charge < -0.3 is 0 Å². The van der Waals surface area contributed by atoms with Crippen molar-refractivity contribution >= 4 is 17.4 Å². The number of hydrogen-bond acceptors (Lipinski definition) is 1. The number of hydrogen-bond donors (Lipinski definition) is 0. The minimum Gasteiger partial charge on any atom is -0.294 e. The van der Waals surface area contributed by atoms with Crippen molar-refractivity contribution < 1.29 is 13.6 Å². The summed E-state index contributed by atoms with van der Waals surface area (Å²) in [7, 11) is 0. The van der Waals surface area contributed by atoms with Crippen LogP contribution in [0.2, 0.25) is 5.02 Å². The minimum atomic E-state index is -1.06. The number of rotatable bonds is 0. The van der Waals surface area contributed by atoms with Crippen LogP contribution in [0.3, 0.4) is 0 Å². The van der Waals surface area contributed by atoms with E-state index in [-0.39, 0.29) is 28.7 Å². The van der Waals surface area contributed by atoms with Gasteiger partial charge in [-0.25, -0.2) is 8.78 Å². The number of carbonyl (C=O) groups excluding carboxylic acids is 1. The Labute approximate surface area is 91.0 Å². The quantitative estimate of drug-likeness (QED) is 0.621. The molecule has 1 nitrogen and oxygen atoms in total. The highest BCUT2D eigenvalue weighted by atomic mass is 35.5. The Morgan fingerprint density at radius 2 is 2.13 bits per heavy atom. The van der Waals surface area contributed by atoms with E-state index in [2.05, 4.69) is 0 Å². The lowest BCUT2D eigenvalue weighted by Crippen LogP contribution is -2.17. The maximum Gasteiger partial charge on any atom is 0.169 e. The van der Waals surface area contributed by atoms with Crippen LogP contribution in [0.25, 0.3) is 0 Å². The molecular formula is C11H9ClF2O. The third-order valence-corrected chi connectivity index (χ3v) is 3.10. The summed E-state index contributed by atoms with van der Waals surface area (Å²) < 4.78 is 26.5. The van der Waals surface area contributed by atoms with Gasteiger partial charge in [-0.05, 0) is 24.0 Å². The summed E-state index contributed by atoms with van der Waals surface area (Å²) in [5.74, 6) is -2.48. The molecule has 0 amide bonds. The fourth-order valence-electron chi connectivity index (χ4n) is 1.98. The van der Waals surface area contributed by atoms with Crippen molar-refractivity contribution in [2.75, 3.05) is 0 Å². The molecule has 1 unspecified atom stereocenters. The van der Waals surface area contributed by atoms with Crippen molar-refractivity contribution in [2.45, 2.75) is 25.7 Å². The normalized spacial score (nSPS) is 20.3. The summed E-state index contributed by atoms with van der Waals surface area (Å²) >= 11 is 5.82. The maximum atomic E-state index is 13.4. The molecule has 15 heavy (non-hydrogen) atoms. The summed E-state index contributed by atoms with van der Waals surface area (Å²) in [5.41, 5.74) is 0.297. The lowest BCUT2D eigenvalue weighted by atomic mass is 9.83. The Morgan fingerprint density at radius 3 is 2.80 bits per heavy atom. The van der Waals surface area contributed by atoms with Gasteiger partial charge in [0.2, 0.25) is 0 Å². The van der Waals surface area contributed by atoms with Crippen molar-refractivity contribution in [3.63, 3.8) is 0 Å². The van der Waals surface area contributed by atoms with Crippen molar-refractivity contribution in [3.05, 3.63) is 33.9 Å². The smallest absolute Gasteiger partial charge is 0.169 e. The Morgan fingerprint density at radius 1 is 1.47 bits per heavy atom. The van der Waals surface area contributed by atoms with Crippen molar-refractivity contribution in [1.82, 2.24) is 0 Å². The van der Waals surface area contributed by atoms with E-state index in [1.165, 1.54) is 0 Å². The number of benzene rings is 1. The summed E-state index contributed by atoms with van der Waals surface area (Å²) in [4.78, 5) is 11.5. The molecule has 1 aliphatic rings. The molecule has 1 atom stereocenters. The van der Waals surface area contributed by atoms with Crippen LogP contribution in [0, 0.1) is 11.6 Å². The molecule has 0 aliphatic heterocycles. The molecule has 1 aromatic rings. The zero-order valence-electron chi connectivity index (χ0n) is 8.11. The predicted octanol–water partition coefficient (Wildman–Crippen LogP) is 3.70. The fourth-order valence-corrected chi connectivity index (χ4v) is 2.36. The second-order valence-electron chi connectivity index (χ2n) is 3.81. The van der Waals surface area contributed by atoms with Gasteiger partial charge in [0, 0.05) is 11.4 Å². The third kappa shape index (κ3) is 1.55. The molecule has 0 saturated heterocycles. The van der Waals surface area contributed by atoms with Crippen LogP contribution in [0.15, 0.2) is 6.07 Å². The standard InChI is InChI=1S/C11H9ClF2O/c1-5-2-3-8(15)10-9(5)6(12)4-7(13)11(10)14/h4-5H,2-3H2,1H3. The summed E-state index contributed by atoms with van der Waals surface area (Å²) in [6.45, 7) is 1.86. The first-order chi connectivity index (χ1) is 7.02. The molecule has 0 heterocycles. The second kappa shape index (κ2) is 3.56. The highest BCUT2D eigenvalue weighted by molar-refractivity contribution is 6.32. The van der Waals surface area contributed by atoms with E-state index in [9.17, 15) is 13.6 Å². The lowest BCUT2D eigenvalue weighted by Gasteiger charge is -2.23. The van der Waals surface area contributed by atoms with Crippen LogP contribution in [0.5, 0.6) is 0 Å². The first-order valence-electron chi connectivity index (χ1n) is 4.73. The lowest BCUT2D eigenvalue weighted by molar-refractivity contribution is 0.0962. The zero-order chi connectivity index (χ0) is 11.2. The molecule has 0 aromatic heterocycles. The van der Waals surface area contributed by atoms with Gasteiger partial charge >= 0.3 is 0 Å². The molecule has 0 radical (unpaired) electrons. The van der Waals surface area contributed by atoms with Gasteiger partial charge in [0.05, 0.1) is 5.56 Å². The number of fused-ring (bicyclic) bond motifs is 1. The van der Waals surface area contributed by atoms with Crippen LogP contribution in [-0.2, 0) is 0 Å². The topological polar surface area (TPSA) is 17.1 Å². The third-order valence-electron chi connectivity index (χ3n) is 2.79. The number of Topliss-reactive ketones (excluding diaryl/α,β-unsaturated/α-hetero) is 1. The van der Waals surface area contributed by atoms with E-state index < -0.39 is 11.6 Å². The van der Waals surface area contributed by atoms with Crippen LogP contribution in [-0.4, -0.2) is 5.78 Å². The van der Waals surface area contributed by atoms with E-state index in [0.29, 0.717) is 12.0 Å². The predicted molar refractivity (Wildman–Crippen MR) is 53.3 cm³/mol. The molecule has 80 valence electrons. The van der Waals surface area contributed by atoms with Gasteiger partial charge in [-0.2, -0.15) is 0 Å². The van der Waals surface area contributed by atoms with Gasteiger partial charge in [-0.3, -0.25) is 4.79 Å². The highest BCUT2D eigenvalue weighted by Crippen LogP contribution is 2.38. The number of ketones is 1. The maximum absolute atomic E-state index is 13.4. The first kappa shape index (κ1) is 10.6. The van der Waals surface area contributed by atoms with Crippen LogP contribution in [0.4, 0.5) is 8.78 Å². The fraction of sp³-hybridized carbons (Fsp3) is 0.364. The molecule has 0 saturated carbocycles. The minimum absolute atomic E-state index is 0.000278. The molecule has 0 spiro atoms. The van der Waals surface area contributed by atoms with Gasteiger partial charge in [-0.15, -0.1) is 0 Å². The molecule has 0 bridgehead atoms. The molecule has 1 aliphatic carbocycles. The van der Waals surface area contributed by atoms with Crippen LogP contribution < -0.4 is 0 Å². The van der Waals surface area contributed by atoms with Gasteiger partial charge in [-0.1, -0.05) is 18.5 Å². The van der Waals surface area contributed by atoms with E-state index in [1.54, 1.807) is 0 Å². The highest BCUT2D eigenvalue weighted by Gasteiger charge is 2.30. The molecule has 0 fully saturated rings. The van der Waals surface area contributed by atoms with Crippen molar-refractivity contribution in [1.29, 1.82) is 0 Å². The molecule has 1 aromatic carbocycles. The molecule has 0 N–H and O–H groups in total. The van der Waals surface area contributed by atoms with Crippen molar-refractivity contribution in [2.24, 2.45) is 0 Å². The van der Waals surface area contributed by atoms with Gasteiger partial charge in [0.1, 0.15) is 0 Å². The Hall–Kier alpha value is -0.960. The summed E-state index contributed by atoms with van der Waals surface area (Å²) in [5, 5.41) is 0.143. The van der Waals surface area contributed by atoms with E-state index in [0.717, 1.165) is 6.07 Å². The van der Waals surface area contributed by atoms with Crippen LogP contribution in [0.1, 0.15) is 41.6 Å². The Kier molecular flexibility index (Phi) is 2.51. The first-order valence-corrected chi connectivity index (χ1v) is 5.10. The van der Waals surface area contributed by atoms with Gasteiger partial charge in [0.15, 0.2) is 17.4 Å². The SMILES string of the molecule is CC1CCC(=O)c2c(F)c(F)cc(Cl)c21. The van der Waals surface area contributed by atoms with Gasteiger partial charge in [0.25, 0.3) is 0 Å². The van der Waals surface area contributed by atoms with Crippen molar-refractivity contribution in [3.8, 4) is 0 Å². The number of halogens is 3. The molecule has 4 heteroatoms. The Balaban J connectivity index is 2.76.